The Bertz CT molecular complexity index is 1050. The standard InChI is InChI=1S/C22H20N2OS/c1-15(22-23-19-9-5-6-10-20(19)26-22)24(2)21(25)14-16-11-12-17-7-3-4-8-18(17)13-16/h3-13,15H,14H2,1-2H3/t15-/m1/s1. The van der Waals surface area contributed by atoms with Crippen LogP contribution in [0.15, 0.2) is 66.7 Å². The molecular formula is C22H20N2OS. The van der Waals surface area contributed by atoms with Crippen molar-refractivity contribution in [3.8, 4) is 0 Å². The molecule has 0 aliphatic carbocycles. The molecule has 4 aromatic rings. The number of hydrogen-bond donors (Lipinski definition) is 0. The van der Waals surface area contributed by atoms with Crippen molar-refractivity contribution in [2.24, 2.45) is 0 Å². The minimum Gasteiger partial charge on any atom is -0.336 e. The Balaban J connectivity index is 1.52. The smallest absolute Gasteiger partial charge is 0.227 e. The van der Waals surface area contributed by atoms with E-state index in [4.69, 9.17) is 0 Å². The van der Waals surface area contributed by atoms with Crippen LogP contribution in [0.25, 0.3) is 21.0 Å². The Morgan fingerprint density at radius 2 is 1.77 bits per heavy atom. The van der Waals surface area contributed by atoms with E-state index in [2.05, 4.69) is 35.3 Å². The zero-order valence-corrected chi connectivity index (χ0v) is 15.7. The largest absolute Gasteiger partial charge is 0.336 e. The maximum atomic E-state index is 12.8. The molecule has 26 heavy (non-hydrogen) atoms. The van der Waals surface area contributed by atoms with Crippen LogP contribution < -0.4 is 0 Å². The molecule has 0 bridgehead atoms. The van der Waals surface area contributed by atoms with E-state index in [0.717, 1.165) is 20.8 Å². The van der Waals surface area contributed by atoms with Gasteiger partial charge in [-0.2, -0.15) is 0 Å². The van der Waals surface area contributed by atoms with Crippen LogP contribution in [0.2, 0.25) is 0 Å². The minimum atomic E-state index is -0.0413. The SMILES string of the molecule is C[C@H](c1nc2ccccc2s1)N(C)C(=O)Cc1ccc2ccccc2c1. The van der Waals surface area contributed by atoms with Crippen LogP contribution in [-0.4, -0.2) is 22.8 Å². The molecule has 1 amide bonds. The molecule has 0 aliphatic rings. The van der Waals surface area contributed by atoms with Crippen LogP contribution >= 0.6 is 11.3 Å². The summed E-state index contributed by atoms with van der Waals surface area (Å²) in [5.74, 6) is 0.104. The van der Waals surface area contributed by atoms with Gasteiger partial charge in [0, 0.05) is 7.05 Å². The predicted molar refractivity (Wildman–Crippen MR) is 108 cm³/mol. The van der Waals surface area contributed by atoms with Crippen LogP contribution in [0.3, 0.4) is 0 Å². The molecule has 0 N–H and O–H groups in total. The summed E-state index contributed by atoms with van der Waals surface area (Å²) in [6.45, 7) is 2.04. The zero-order chi connectivity index (χ0) is 18.1. The number of amides is 1. The summed E-state index contributed by atoms with van der Waals surface area (Å²) in [5.41, 5.74) is 2.03. The van der Waals surface area contributed by atoms with Crippen molar-refractivity contribution in [2.75, 3.05) is 7.05 Å². The van der Waals surface area contributed by atoms with Gasteiger partial charge in [0.2, 0.25) is 5.91 Å². The molecule has 0 saturated heterocycles. The molecule has 3 nitrogen and oxygen atoms in total. The summed E-state index contributed by atoms with van der Waals surface area (Å²) in [6, 6.07) is 22.5. The van der Waals surface area contributed by atoms with Gasteiger partial charge in [0.1, 0.15) is 5.01 Å². The molecule has 0 radical (unpaired) electrons. The first-order valence-corrected chi connectivity index (χ1v) is 9.52. The van der Waals surface area contributed by atoms with Gasteiger partial charge in [0.15, 0.2) is 0 Å². The number of thiazole rings is 1. The van der Waals surface area contributed by atoms with Crippen molar-refractivity contribution < 1.29 is 4.79 Å². The summed E-state index contributed by atoms with van der Waals surface area (Å²) in [5, 5.41) is 3.33. The lowest BCUT2D eigenvalue weighted by Gasteiger charge is -2.23. The first-order chi connectivity index (χ1) is 12.6. The summed E-state index contributed by atoms with van der Waals surface area (Å²) < 4.78 is 1.16. The number of aromatic nitrogens is 1. The fraction of sp³-hybridized carbons (Fsp3) is 0.182. The van der Waals surface area contributed by atoms with E-state index in [9.17, 15) is 4.79 Å². The Kier molecular flexibility index (Phi) is 4.43. The third-order valence-electron chi connectivity index (χ3n) is 4.81. The Morgan fingerprint density at radius 3 is 2.58 bits per heavy atom. The highest BCUT2D eigenvalue weighted by Gasteiger charge is 2.20. The fourth-order valence-electron chi connectivity index (χ4n) is 3.10. The molecule has 0 aliphatic heterocycles. The van der Waals surface area contributed by atoms with Crippen LogP contribution in [-0.2, 0) is 11.2 Å². The third-order valence-corrected chi connectivity index (χ3v) is 6.02. The van der Waals surface area contributed by atoms with Crippen molar-refractivity contribution in [1.29, 1.82) is 0 Å². The van der Waals surface area contributed by atoms with Gasteiger partial charge in [-0.3, -0.25) is 4.79 Å². The van der Waals surface area contributed by atoms with E-state index in [1.807, 2.05) is 50.4 Å². The lowest BCUT2D eigenvalue weighted by Crippen LogP contribution is -2.30. The number of hydrogen-bond acceptors (Lipinski definition) is 3. The second kappa shape index (κ2) is 6.89. The molecule has 1 atom stereocenters. The highest BCUT2D eigenvalue weighted by Crippen LogP contribution is 2.29. The number of carbonyl (C=O) groups is 1. The van der Waals surface area contributed by atoms with Crippen molar-refractivity contribution in [2.45, 2.75) is 19.4 Å². The average molecular weight is 360 g/mol. The average Bonchev–Trinajstić information content (AvgIpc) is 3.11. The topological polar surface area (TPSA) is 33.2 Å². The van der Waals surface area contributed by atoms with Crippen molar-refractivity contribution >= 4 is 38.2 Å². The quantitative estimate of drug-likeness (QED) is 0.500. The molecule has 130 valence electrons. The van der Waals surface area contributed by atoms with Gasteiger partial charge < -0.3 is 4.90 Å². The maximum absolute atomic E-state index is 12.8. The van der Waals surface area contributed by atoms with Crippen LogP contribution in [0.4, 0.5) is 0 Å². The molecule has 0 fully saturated rings. The Morgan fingerprint density at radius 1 is 1.04 bits per heavy atom. The van der Waals surface area contributed by atoms with Crippen molar-refractivity contribution in [3.05, 3.63) is 77.3 Å². The third kappa shape index (κ3) is 3.20. The van der Waals surface area contributed by atoms with Crippen molar-refractivity contribution in [1.82, 2.24) is 9.88 Å². The summed E-state index contributed by atoms with van der Waals surface area (Å²) >= 11 is 1.65. The lowest BCUT2D eigenvalue weighted by molar-refractivity contribution is -0.131. The van der Waals surface area contributed by atoms with E-state index in [1.54, 1.807) is 16.2 Å². The monoisotopic (exact) mass is 360 g/mol. The van der Waals surface area contributed by atoms with Crippen LogP contribution in [0.5, 0.6) is 0 Å². The molecule has 4 heteroatoms. The van der Waals surface area contributed by atoms with E-state index in [0.29, 0.717) is 6.42 Å². The van der Waals surface area contributed by atoms with Gasteiger partial charge in [-0.05, 0) is 35.4 Å². The van der Waals surface area contributed by atoms with Crippen molar-refractivity contribution in [3.63, 3.8) is 0 Å². The summed E-state index contributed by atoms with van der Waals surface area (Å²) in [6.07, 6.45) is 0.399. The van der Waals surface area contributed by atoms with E-state index in [-0.39, 0.29) is 11.9 Å². The molecule has 1 heterocycles. The number of carbonyl (C=O) groups excluding carboxylic acids is 1. The molecule has 0 unspecified atom stereocenters. The summed E-state index contributed by atoms with van der Waals surface area (Å²) in [7, 11) is 1.86. The number of rotatable bonds is 4. The van der Waals surface area contributed by atoms with Gasteiger partial charge >= 0.3 is 0 Å². The normalized spacial score (nSPS) is 12.4. The summed E-state index contributed by atoms with van der Waals surface area (Å²) in [4.78, 5) is 19.3. The molecule has 3 aromatic carbocycles. The highest BCUT2D eigenvalue weighted by atomic mass is 32.1. The molecule has 1 aromatic heterocycles. The van der Waals surface area contributed by atoms with Gasteiger partial charge in [-0.25, -0.2) is 4.98 Å². The minimum absolute atomic E-state index is 0.0413. The lowest BCUT2D eigenvalue weighted by atomic mass is 10.0. The van der Waals surface area contributed by atoms with Gasteiger partial charge in [-0.15, -0.1) is 11.3 Å². The number of benzene rings is 3. The van der Waals surface area contributed by atoms with Gasteiger partial charge in [0.05, 0.1) is 22.7 Å². The zero-order valence-electron chi connectivity index (χ0n) is 14.8. The second-order valence-corrected chi connectivity index (χ2v) is 7.62. The maximum Gasteiger partial charge on any atom is 0.227 e. The molecule has 0 spiro atoms. The first-order valence-electron chi connectivity index (χ1n) is 8.70. The van der Waals surface area contributed by atoms with E-state index >= 15 is 0 Å². The van der Waals surface area contributed by atoms with Gasteiger partial charge in [0.25, 0.3) is 0 Å². The fourth-order valence-corrected chi connectivity index (χ4v) is 4.16. The molecule has 4 rings (SSSR count). The highest BCUT2D eigenvalue weighted by molar-refractivity contribution is 7.18. The number of para-hydroxylation sites is 1. The predicted octanol–water partition coefficient (Wildman–Crippen LogP) is 5.21. The first kappa shape index (κ1) is 16.7. The Labute approximate surface area is 156 Å². The van der Waals surface area contributed by atoms with Crippen LogP contribution in [0.1, 0.15) is 23.5 Å². The number of likely N-dealkylation sites (N-methyl/N-ethyl adjacent to an activating group) is 1. The van der Waals surface area contributed by atoms with E-state index in [1.165, 1.54) is 10.8 Å². The van der Waals surface area contributed by atoms with Crippen LogP contribution in [0, 0.1) is 0 Å². The molecular weight excluding hydrogens is 340 g/mol. The molecule has 0 saturated carbocycles. The van der Waals surface area contributed by atoms with Gasteiger partial charge in [-0.1, -0.05) is 54.6 Å². The number of fused-ring (bicyclic) bond motifs is 2. The Hall–Kier alpha value is -2.72. The second-order valence-electron chi connectivity index (χ2n) is 6.56. The number of nitrogens with zero attached hydrogens (tertiary/aromatic N) is 2. The van der Waals surface area contributed by atoms with E-state index < -0.39 is 0 Å².